The first-order valence-electron chi connectivity index (χ1n) is 7.36. The maximum Gasteiger partial charge on any atom is 0.255 e. The number of carbonyl (C=O) groups is 1. The van der Waals surface area contributed by atoms with Crippen LogP contribution in [-0.2, 0) is 6.54 Å². The van der Waals surface area contributed by atoms with Gasteiger partial charge in [-0.3, -0.25) is 9.78 Å². The van der Waals surface area contributed by atoms with E-state index in [9.17, 15) is 4.79 Å². The van der Waals surface area contributed by atoms with Crippen molar-refractivity contribution in [1.29, 1.82) is 0 Å². The minimum Gasteiger partial charge on any atom is -0.366 e. The average Bonchev–Trinajstić information content (AvgIpc) is 2.63. The SMILES string of the molecule is O=C(Nc1ccc(Br)cc1)c1ccnc(NCc2cccnc2)c1. The number of anilines is 2. The summed E-state index contributed by atoms with van der Waals surface area (Å²) >= 11 is 3.37. The first-order chi connectivity index (χ1) is 11.7. The van der Waals surface area contributed by atoms with Crippen LogP contribution in [-0.4, -0.2) is 15.9 Å². The number of benzene rings is 1. The van der Waals surface area contributed by atoms with Crippen molar-refractivity contribution in [2.24, 2.45) is 0 Å². The molecule has 0 fully saturated rings. The fourth-order valence-corrected chi connectivity index (χ4v) is 2.36. The van der Waals surface area contributed by atoms with Gasteiger partial charge in [0.15, 0.2) is 0 Å². The quantitative estimate of drug-likeness (QED) is 0.696. The molecule has 1 aromatic carbocycles. The summed E-state index contributed by atoms with van der Waals surface area (Å²) in [6.07, 6.45) is 5.13. The predicted molar refractivity (Wildman–Crippen MR) is 97.9 cm³/mol. The molecule has 2 aromatic heterocycles. The van der Waals surface area contributed by atoms with Gasteiger partial charge in [-0.15, -0.1) is 0 Å². The van der Waals surface area contributed by atoms with E-state index in [1.165, 1.54) is 0 Å². The third kappa shape index (κ3) is 4.39. The lowest BCUT2D eigenvalue weighted by Crippen LogP contribution is -2.12. The monoisotopic (exact) mass is 382 g/mol. The third-order valence-electron chi connectivity index (χ3n) is 3.32. The summed E-state index contributed by atoms with van der Waals surface area (Å²) in [7, 11) is 0. The van der Waals surface area contributed by atoms with Gasteiger partial charge in [-0.1, -0.05) is 22.0 Å². The van der Waals surface area contributed by atoms with Crippen LogP contribution in [0.2, 0.25) is 0 Å². The number of amides is 1. The van der Waals surface area contributed by atoms with Crippen LogP contribution < -0.4 is 10.6 Å². The lowest BCUT2D eigenvalue weighted by atomic mass is 10.2. The van der Waals surface area contributed by atoms with Crippen molar-refractivity contribution in [3.05, 3.63) is 82.7 Å². The van der Waals surface area contributed by atoms with Gasteiger partial charge in [0.25, 0.3) is 5.91 Å². The number of rotatable bonds is 5. The second-order valence-electron chi connectivity index (χ2n) is 5.11. The normalized spacial score (nSPS) is 10.2. The highest BCUT2D eigenvalue weighted by atomic mass is 79.9. The van der Waals surface area contributed by atoms with E-state index in [1.807, 2.05) is 36.4 Å². The highest BCUT2D eigenvalue weighted by molar-refractivity contribution is 9.10. The Morgan fingerprint density at radius 2 is 1.92 bits per heavy atom. The van der Waals surface area contributed by atoms with E-state index in [0.717, 1.165) is 15.7 Å². The smallest absolute Gasteiger partial charge is 0.255 e. The van der Waals surface area contributed by atoms with Crippen LogP contribution in [0, 0.1) is 0 Å². The predicted octanol–water partition coefficient (Wildman–Crippen LogP) is 4.10. The molecule has 0 saturated heterocycles. The molecule has 2 heterocycles. The minimum absolute atomic E-state index is 0.177. The molecule has 0 radical (unpaired) electrons. The van der Waals surface area contributed by atoms with Crippen molar-refractivity contribution in [3.63, 3.8) is 0 Å². The summed E-state index contributed by atoms with van der Waals surface area (Å²) in [5.41, 5.74) is 2.33. The van der Waals surface area contributed by atoms with Crippen molar-refractivity contribution < 1.29 is 4.79 Å². The van der Waals surface area contributed by atoms with Crippen LogP contribution in [0.25, 0.3) is 0 Å². The standard InChI is InChI=1S/C18H15BrN4O/c19-15-3-5-16(6-4-15)23-18(24)14-7-9-21-17(10-14)22-12-13-2-1-8-20-11-13/h1-11H,12H2,(H,21,22)(H,23,24). The van der Waals surface area contributed by atoms with Gasteiger partial charge in [0.2, 0.25) is 0 Å². The Hall–Kier alpha value is -2.73. The van der Waals surface area contributed by atoms with Gasteiger partial charge in [0.05, 0.1) is 0 Å². The number of nitrogens with one attached hydrogen (secondary N) is 2. The lowest BCUT2D eigenvalue weighted by molar-refractivity contribution is 0.102. The van der Waals surface area contributed by atoms with E-state index in [2.05, 4.69) is 36.5 Å². The molecule has 3 rings (SSSR count). The van der Waals surface area contributed by atoms with Crippen molar-refractivity contribution >= 4 is 33.3 Å². The fraction of sp³-hybridized carbons (Fsp3) is 0.0556. The molecule has 6 heteroatoms. The van der Waals surface area contributed by atoms with Crippen LogP contribution in [0.15, 0.2) is 71.6 Å². The van der Waals surface area contributed by atoms with E-state index >= 15 is 0 Å². The van der Waals surface area contributed by atoms with E-state index in [-0.39, 0.29) is 5.91 Å². The molecule has 0 saturated carbocycles. The fourth-order valence-electron chi connectivity index (χ4n) is 2.10. The molecule has 0 aliphatic carbocycles. The highest BCUT2D eigenvalue weighted by Crippen LogP contribution is 2.16. The molecule has 120 valence electrons. The van der Waals surface area contributed by atoms with Gasteiger partial charge in [-0.2, -0.15) is 0 Å². The van der Waals surface area contributed by atoms with Gasteiger partial charge in [-0.05, 0) is 48.0 Å². The molecule has 2 N–H and O–H groups in total. The second-order valence-corrected chi connectivity index (χ2v) is 6.02. The van der Waals surface area contributed by atoms with Crippen LogP contribution in [0.3, 0.4) is 0 Å². The summed E-state index contributed by atoms with van der Waals surface area (Å²) in [6, 6.07) is 14.7. The molecular weight excluding hydrogens is 368 g/mol. The molecule has 0 bridgehead atoms. The molecule has 3 aromatic rings. The van der Waals surface area contributed by atoms with Gasteiger partial charge in [0, 0.05) is 40.9 Å². The van der Waals surface area contributed by atoms with Gasteiger partial charge >= 0.3 is 0 Å². The molecule has 1 amide bonds. The zero-order chi connectivity index (χ0) is 16.8. The number of hydrogen-bond acceptors (Lipinski definition) is 4. The largest absolute Gasteiger partial charge is 0.366 e. The number of pyridine rings is 2. The first kappa shape index (κ1) is 16.1. The van der Waals surface area contributed by atoms with Crippen molar-refractivity contribution in [2.45, 2.75) is 6.54 Å². The Bertz CT molecular complexity index is 822. The number of nitrogens with zero attached hydrogens (tertiary/aromatic N) is 2. The summed E-state index contributed by atoms with van der Waals surface area (Å²) in [5.74, 6) is 0.464. The third-order valence-corrected chi connectivity index (χ3v) is 3.85. The first-order valence-corrected chi connectivity index (χ1v) is 8.16. The Balaban J connectivity index is 1.65. The Kier molecular flexibility index (Phi) is 5.18. The molecule has 24 heavy (non-hydrogen) atoms. The Morgan fingerprint density at radius 1 is 1.08 bits per heavy atom. The summed E-state index contributed by atoms with van der Waals surface area (Å²) in [5, 5.41) is 6.05. The molecular formula is C18H15BrN4O. The number of halogens is 1. The van der Waals surface area contributed by atoms with Crippen LogP contribution >= 0.6 is 15.9 Å². The van der Waals surface area contributed by atoms with Crippen molar-refractivity contribution in [2.75, 3.05) is 10.6 Å². The van der Waals surface area contributed by atoms with Crippen molar-refractivity contribution in [3.8, 4) is 0 Å². The van der Waals surface area contributed by atoms with Crippen LogP contribution in [0.1, 0.15) is 15.9 Å². The average molecular weight is 383 g/mol. The second kappa shape index (κ2) is 7.70. The summed E-state index contributed by atoms with van der Waals surface area (Å²) in [6.45, 7) is 0.596. The van der Waals surface area contributed by atoms with Crippen molar-refractivity contribution in [1.82, 2.24) is 9.97 Å². The molecule has 0 spiro atoms. The molecule has 0 aliphatic rings. The van der Waals surface area contributed by atoms with Crippen LogP contribution in [0.5, 0.6) is 0 Å². The van der Waals surface area contributed by atoms with E-state index in [0.29, 0.717) is 17.9 Å². The number of carbonyl (C=O) groups excluding carboxylic acids is 1. The lowest BCUT2D eigenvalue weighted by Gasteiger charge is -2.08. The zero-order valence-electron chi connectivity index (χ0n) is 12.7. The van der Waals surface area contributed by atoms with E-state index < -0.39 is 0 Å². The summed E-state index contributed by atoms with van der Waals surface area (Å²) in [4.78, 5) is 20.6. The van der Waals surface area contributed by atoms with E-state index in [4.69, 9.17) is 0 Å². The highest BCUT2D eigenvalue weighted by Gasteiger charge is 2.07. The maximum atomic E-state index is 12.3. The van der Waals surface area contributed by atoms with Crippen LogP contribution in [0.4, 0.5) is 11.5 Å². The van der Waals surface area contributed by atoms with Gasteiger partial charge in [-0.25, -0.2) is 4.98 Å². The molecule has 0 aliphatic heterocycles. The number of aromatic nitrogens is 2. The summed E-state index contributed by atoms with van der Waals surface area (Å²) < 4.78 is 0.964. The Labute approximate surface area is 148 Å². The topological polar surface area (TPSA) is 66.9 Å². The van der Waals surface area contributed by atoms with Gasteiger partial charge in [0.1, 0.15) is 5.82 Å². The molecule has 5 nitrogen and oxygen atoms in total. The van der Waals surface area contributed by atoms with E-state index in [1.54, 1.807) is 30.7 Å². The maximum absolute atomic E-state index is 12.3. The van der Waals surface area contributed by atoms with Gasteiger partial charge < -0.3 is 10.6 Å². The Morgan fingerprint density at radius 3 is 2.67 bits per heavy atom. The molecule has 0 atom stereocenters. The minimum atomic E-state index is -0.177. The zero-order valence-corrected chi connectivity index (χ0v) is 14.3. The molecule has 0 unspecified atom stereocenters. The number of hydrogen-bond donors (Lipinski definition) is 2.